The lowest BCUT2D eigenvalue weighted by Gasteiger charge is -2.27. The number of methoxy groups -OCH3 is 1. The van der Waals surface area contributed by atoms with E-state index in [9.17, 15) is 14.0 Å². The molecule has 0 aromatic heterocycles. The Kier molecular flexibility index (Phi) is 4.34. The highest BCUT2D eigenvalue weighted by atomic mass is 19.1. The van der Waals surface area contributed by atoms with E-state index < -0.39 is 5.97 Å². The SMILES string of the molecule is COC(=O)c1ccc(N2C(=O)CCC2c2ccc(F)cc2)c(C)c1. The Labute approximate surface area is 139 Å². The predicted octanol–water partition coefficient (Wildman–Crippen LogP) is 3.79. The normalized spacial score (nSPS) is 17.2. The van der Waals surface area contributed by atoms with E-state index in [0.29, 0.717) is 18.4 Å². The molecule has 1 heterocycles. The van der Waals surface area contributed by atoms with Crippen molar-refractivity contribution in [1.29, 1.82) is 0 Å². The van der Waals surface area contributed by atoms with Crippen molar-refractivity contribution in [3.63, 3.8) is 0 Å². The highest BCUT2D eigenvalue weighted by Gasteiger charge is 2.34. The molecular formula is C19H18FNO3. The van der Waals surface area contributed by atoms with Crippen LogP contribution in [0.5, 0.6) is 0 Å². The largest absolute Gasteiger partial charge is 0.465 e. The molecule has 0 aliphatic carbocycles. The van der Waals surface area contributed by atoms with Crippen LogP contribution < -0.4 is 4.90 Å². The van der Waals surface area contributed by atoms with Gasteiger partial charge in [0, 0.05) is 12.1 Å². The van der Waals surface area contributed by atoms with Crippen LogP contribution in [0.15, 0.2) is 42.5 Å². The molecule has 1 fully saturated rings. The van der Waals surface area contributed by atoms with Crippen molar-refractivity contribution < 1.29 is 18.7 Å². The number of halogens is 1. The van der Waals surface area contributed by atoms with Gasteiger partial charge in [0.25, 0.3) is 0 Å². The second-order valence-corrected chi connectivity index (χ2v) is 5.86. The number of hydrogen-bond donors (Lipinski definition) is 0. The average molecular weight is 327 g/mol. The van der Waals surface area contributed by atoms with Crippen LogP contribution in [-0.2, 0) is 9.53 Å². The molecule has 0 saturated carbocycles. The molecule has 2 aromatic carbocycles. The van der Waals surface area contributed by atoms with Gasteiger partial charge in [-0.1, -0.05) is 12.1 Å². The van der Waals surface area contributed by atoms with E-state index in [1.54, 1.807) is 35.2 Å². The lowest BCUT2D eigenvalue weighted by Crippen LogP contribution is -2.28. The molecule has 1 amide bonds. The zero-order valence-corrected chi connectivity index (χ0v) is 13.6. The van der Waals surface area contributed by atoms with Gasteiger partial charge < -0.3 is 9.64 Å². The zero-order chi connectivity index (χ0) is 17.3. The summed E-state index contributed by atoms with van der Waals surface area (Å²) in [5.74, 6) is -0.682. The number of nitrogens with zero attached hydrogens (tertiary/aromatic N) is 1. The molecular weight excluding hydrogens is 309 g/mol. The van der Waals surface area contributed by atoms with Gasteiger partial charge in [0.2, 0.25) is 5.91 Å². The molecule has 2 aromatic rings. The molecule has 0 N–H and O–H groups in total. The first-order valence-electron chi connectivity index (χ1n) is 7.77. The maximum Gasteiger partial charge on any atom is 0.337 e. The standard InChI is InChI=1S/C19H18FNO3/c1-12-11-14(19(23)24-2)5-8-16(12)21-17(9-10-18(21)22)13-3-6-15(20)7-4-13/h3-8,11,17H,9-10H2,1-2H3. The molecule has 0 spiro atoms. The molecule has 1 atom stereocenters. The predicted molar refractivity (Wildman–Crippen MR) is 88.4 cm³/mol. The Bertz CT molecular complexity index is 786. The van der Waals surface area contributed by atoms with Gasteiger partial charge in [-0.05, 0) is 54.8 Å². The average Bonchev–Trinajstić information content (AvgIpc) is 2.96. The van der Waals surface area contributed by atoms with E-state index in [-0.39, 0.29) is 17.8 Å². The number of esters is 1. The van der Waals surface area contributed by atoms with Gasteiger partial charge in [-0.15, -0.1) is 0 Å². The maximum atomic E-state index is 13.2. The second-order valence-electron chi connectivity index (χ2n) is 5.86. The molecule has 1 aliphatic heterocycles. The number of hydrogen-bond acceptors (Lipinski definition) is 3. The number of amides is 1. The van der Waals surface area contributed by atoms with Gasteiger partial charge in [-0.2, -0.15) is 0 Å². The molecule has 124 valence electrons. The van der Waals surface area contributed by atoms with Crippen molar-refractivity contribution in [2.24, 2.45) is 0 Å². The van der Waals surface area contributed by atoms with Crippen molar-refractivity contribution in [2.75, 3.05) is 12.0 Å². The fourth-order valence-electron chi connectivity index (χ4n) is 3.16. The van der Waals surface area contributed by atoms with Crippen LogP contribution in [-0.4, -0.2) is 19.0 Å². The fraction of sp³-hybridized carbons (Fsp3) is 0.263. The Balaban J connectivity index is 1.98. The van der Waals surface area contributed by atoms with E-state index in [0.717, 1.165) is 16.8 Å². The van der Waals surface area contributed by atoms with Crippen molar-refractivity contribution in [1.82, 2.24) is 0 Å². The number of ether oxygens (including phenoxy) is 1. The van der Waals surface area contributed by atoms with Gasteiger partial charge >= 0.3 is 5.97 Å². The smallest absolute Gasteiger partial charge is 0.337 e. The summed E-state index contributed by atoms with van der Waals surface area (Å²) in [5.41, 5.74) is 2.93. The number of carbonyl (C=O) groups excluding carboxylic acids is 2. The summed E-state index contributed by atoms with van der Waals surface area (Å²) in [5, 5.41) is 0. The van der Waals surface area contributed by atoms with Gasteiger partial charge in [-0.3, -0.25) is 4.79 Å². The Morgan fingerprint density at radius 2 is 1.92 bits per heavy atom. The topological polar surface area (TPSA) is 46.6 Å². The van der Waals surface area contributed by atoms with Gasteiger partial charge in [0.05, 0.1) is 18.7 Å². The Morgan fingerprint density at radius 1 is 1.21 bits per heavy atom. The van der Waals surface area contributed by atoms with Crippen molar-refractivity contribution in [3.8, 4) is 0 Å². The van der Waals surface area contributed by atoms with E-state index in [1.165, 1.54) is 19.2 Å². The van der Waals surface area contributed by atoms with Crippen LogP contribution >= 0.6 is 0 Å². The Hall–Kier alpha value is -2.69. The van der Waals surface area contributed by atoms with Gasteiger partial charge in [0.15, 0.2) is 0 Å². The number of anilines is 1. The Morgan fingerprint density at radius 3 is 2.54 bits per heavy atom. The fourth-order valence-corrected chi connectivity index (χ4v) is 3.16. The summed E-state index contributed by atoms with van der Waals surface area (Å²) in [6.45, 7) is 1.86. The molecule has 1 saturated heterocycles. The third kappa shape index (κ3) is 2.89. The minimum absolute atomic E-state index is 0.0262. The lowest BCUT2D eigenvalue weighted by atomic mass is 10.0. The highest BCUT2D eigenvalue weighted by molar-refractivity contribution is 5.98. The van der Waals surface area contributed by atoms with Crippen LogP contribution in [0, 0.1) is 12.7 Å². The van der Waals surface area contributed by atoms with Crippen molar-refractivity contribution in [3.05, 3.63) is 65.0 Å². The summed E-state index contributed by atoms with van der Waals surface area (Å²) < 4.78 is 17.9. The highest BCUT2D eigenvalue weighted by Crippen LogP contribution is 2.38. The molecule has 1 unspecified atom stereocenters. The summed E-state index contributed by atoms with van der Waals surface area (Å²) >= 11 is 0. The molecule has 3 rings (SSSR count). The second kappa shape index (κ2) is 6.43. The number of aryl methyl sites for hydroxylation is 1. The zero-order valence-electron chi connectivity index (χ0n) is 13.6. The third-order valence-electron chi connectivity index (χ3n) is 4.34. The van der Waals surface area contributed by atoms with Crippen LogP contribution in [0.3, 0.4) is 0 Å². The van der Waals surface area contributed by atoms with E-state index in [1.807, 2.05) is 6.92 Å². The summed E-state index contributed by atoms with van der Waals surface area (Å²) in [6, 6.07) is 11.2. The number of carbonyl (C=O) groups is 2. The quantitative estimate of drug-likeness (QED) is 0.806. The van der Waals surface area contributed by atoms with Crippen molar-refractivity contribution in [2.45, 2.75) is 25.8 Å². The first-order valence-corrected chi connectivity index (χ1v) is 7.77. The molecule has 4 nitrogen and oxygen atoms in total. The van der Waals surface area contributed by atoms with E-state index in [2.05, 4.69) is 0 Å². The van der Waals surface area contributed by atoms with Crippen LogP contribution in [0.25, 0.3) is 0 Å². The summed E-state index contributed by atoms with van der Waals surface area (Å²) in [6.07, 6.45) is 1.13. The first kappa shape index (κ1) is 16.2. The van der Waals surface area contributed by atoms with Gasteiger partial charge in [-0.25, -0.2) is 9.18 Å². The summed E-state index contributed by atoms with van der Waals surface area (Å²) in [4.78, 5) is 25.8. The van der Waals surface area contributed by atoms with Crippen LogP contribution in [0.4, 0.5) is 10.1 Å². The van der Waals surface area contributed by atoms with Crippen LogP contribution in [0.2, 0.25) is 0 Å². The number of benzene rings is 2. The third-order valence-corrected chi connectivity index (χ3v) is 4.34. The molecule has 0 bridgehead atoms. The minimum Gasteiger partial charge on any atom is -0.465 e. The molecule has 24 heavy (non-hydrogen) atoms. The first-order chi connectivity index (χ1) is 11.5. The lowest BCUT2D eigenvalue weighted by molar-refractivity contribution is -0.117. The maximum absolute atomic E-state index is 13.2. The van der Waals surface area contributed by atoms with E-state index in [4.69, 9.17) is 4.74 Å². The van der Waals surface area contributed by atoms with Crippen LogP contribution in [0.1, 0.15) is 40.4 Å². The summed E-state index contributed by atoms with van der Waals surface area (Å²) in [7, 11) is 1.33. The number of rotatable bonds is 3. The molecule has 1 aliphatic rings. The monoisotopic (exact) mass is 327 g/mol. The molecule has 5 heteroatoms. The van der Waals surface area contributed by atoms with Crippen molar-refractivity contribution >= 4 is 17.6 Å². The molecule has 0 radical (unpaired) electrons. The minimum atomic E-state index is -0.410. The van der Waals surface area contributed by atoms with E-state index >= 15 is 0 Å². The van der Waals surface area contributed by atoms with Gasteiger partial charge in [0.1, 0.15) is 5.82 Å².